The van der Waals surface area contributed by atoms with Crippen LogP contribution in [0.3, 0.4) is 0 Å². The molecule has 0 aromatic heterocycles. The van der Waals surface area contributed by atoms with E-state index < -0.39 is 0 Å². The Bertz CT molecular complexity index is 350. The molecule has 17 heavy (non-hydrogen) atoms. The lowest BCUT2D eigenvalue weighted by Gasteiger charge is -2.30. The predicted molar refractivity (Wildman–Crippen MR) is 75.9 cm³/mol. The first kappa shape index (κ1) is 13.1. The maximum absolute atomic E-state index is 6.01. The van der Waals surface area contributed by atoms with Gasteiger partial charge in [-0.25, -0.2) is 0 Å². The molecule has 1 aliphatic carbocycles. The highest BCUT2D eigenvalue weighted by atomic mass is 79.9. The molecule has 0 amide bonds. The molecule has 0 bridgehead atoms. The summed E-state index contributed by atoms with van der Waals surface area (Å²) < 4.78 is 1.13. The van der Waals surface area contributed by atoms with Crippen molar-refractivity contribution in [1.29, 1.82) is 0 Å². The van der Waals surface area contributed by atoms with Gasteiger partial charge < -0.3 is 11.1 Å². The zero-order valence-electron chi connectivity index (χ0n) is 10.3. The summed E-state index contributed by atoms with van der Waals surface area (Å²) in [6.45, 7) is 2.23. The van der Waals surface area contributed by atoms with Gasteiger partial charge in [0, 0.05) is 22.6 Å². The number of nitrogens with one attached hydrogen (secondary N) is 1. The molecule has 0 aliphatic heterocycles. The fraction of sp³-hybridized carbons (Fsp3) is 0.571. The molecule has 3 atom stereocenters. The summed E-state index contributed by atoms with van der Waals surface area (Å²) in [5.41, 5.74) is 7.35. The third-order valence-corrected chi connectivity index (χ3v) is 4.10. The van der Waals surface area contributed by atoms with Gasteiger partial charge in [0.15, 0.2) is 0 Å². The molecule has 0 saturated heterocycles. The third-order valence-electron chi connectivity index (χ3n) is 3.57. The molecule has 1 aromatic carbocycles. The van der Waals surface area contributed by atoms with Crippen molar-refractivity contribution in [2.24, 2.45) is 5.73 Å². The molecule has 94 valence electrons. The van der Waals surface area contributed by atoms with Gasteiger partial charge in [0.05, 0.1) is 0 Å². The molecule has 0 radical (unpaired) electrons. The van der Waals surface area contributed by atoms with Gasteiger partial charge in [0.1, 0.15) is 0 Å². The van der Waals surface area contributed by atoms with Crippen LogP contribution in [0.15, 0.2) is 28.7 Å². The van der Waals surface area contributed by atoms with E-state index in [0.717, 1.165) is 10.9 Å². The van der Waals surface area contributed by atoms with E-state index >= 15 is 0 Å². The zero-order valence-corrected chi connectivity index (χ0v) is 11.9. The maximum Gasteiger partial charge on any atom is 0.0294 e. The van der Waals surface area contributed by atoms with E-state index in [1.54, 1.807) is 0 Å². The van der Waals surface area contributed by atoms with Crippen molar-refractivity contribution in [3.05, 3.63) is 34.3 Å². The van der Waals surface area contributed by atoms with Crippen LogP contribution in [0.4, 0.5) is 0 Å². The largest absolute Gasteiger partial charge is 0.328 e. The first-order valence-corrected chi connectivity index (χ1v) is 7.21. The summed E-state index contributed by atoms with van der Waals surface area (Å²) in [5, 5.41) is 3.69. The second-order valence-electron chi connectivity index (χ2n) is 5.06. The van der Waals surface area contributed by atoms with Gasteiger partial charge in [0.2, 0.25) is 0 Å². The van der Waals surface area contributed by atoms with Crippen LogP contribution in [-0.4, -0.2) is 12.1 Å². The van der Waals surface area contributed by atoms with Gasteiger partial charge in [-0.2, -0.15) is 0 Å². The van der Waals surface area contributed by atoms with Crippen molar-refractivity contribution >= 4 is 15.9 Å². The maximum atomic E-state index is 6.01. The van der Waals surface area contributed by atoms with E-state index in [2.05, 4.69) is 52.4 Å². The van der Waals surface area contributed by atoms with E-state index in [0.29, 0.717) is 18.1 Å². The molecule has 1 saturated carbocycles. The molecular formula is C14H21BrN2. The van der Waals surface area contributed by atoms with Crippen molar-refractivity contribution < 1.29 is 0 Å². The quantitative estimate of drug-likeness (QED) is 0.897. The Morgan fingerprint density at radius 3 is 2.65 bits per heavy atom. The molecule has 0 heterocycles. The van der Waals surface area contributed by atoms with Crippen LogP contribution in [-0.2, 0) is 0 Å². The normalized spacial score (nSPS) is 26.8. The average molecular weight is 297 g/mol. The molecule has 0 spiro atoms. The fourth-order valence-corrected chi connectivity index (χ4v) is 2.84. The minimum Gasteiger partial charge on any atom is -0.328 e. The zero-order chi connectivity index (χ0) is 12.3. The standard InChI is InChI=1S/C14H21BrN2/c1-10(11-5-7-12(15)8-6-11)17-14-4-2-3-13(16)9-14/h5-8,10,13-14,17H,2-4,9,16H2,1H3/t10-,13?,14?/m0/s1. The van der Waals surface area contributed by atoms with Crippen LogP contribution >= 0.6 is 15.9 Å². The van der Waals surface area contributed by atoms with Crippen LogP contribution in [0, 0.1) is 0 Å². The fourth-order valence-electron chi connectivity index (χ4n) is 2.58. The molecule has 1 fully saturated rings. The number of rotatable bonds is 3. The van der Waals surface area contributed by atoms with E-state index in [1.807, 2.05) is 0 Å². The SMILES string of the molecule is C[C@H](NC1CCCC(N)C1)c1ccc(Br)cc1. The molecule has 2 unspecified atom stereocenters. The Morgan fingerprint density at radius 1 is 1.29 bits per heavy atom. The van der Waals surface area contributed by atoms with Gasteiger partial charge in [-0.05, 0) is 43.9 Å². The van der Waals surface area contributed by atoms with Crippen LogP contribution in [0.25, 0.3) is 0 Å². The predicted octanol–water partition coefficient (Wildman–Crippen LogP) is 3.37. The van der Waals surface area contributed by atoms with Gasteiger partial charge in [-0.1, -0.05) is 34.5 Å². The van der Waals surface area contributed by atoms with Crippen LogP contribution < -0.4 is 11.1 Å². The lowest BCUT2D eigenvalue weighted by atomic mass is 9.91. The Morgan fingerprint density at radius 2 is 2.00 bits per heavy atom. The summed E-state index contributed by atoms with van der Waals surface area (Å²) in [7, 11) is 0. The topological polar surface area (TPSA) is 38.0 Å². The highest BCUT2D eigenvalue weighted by Gasteiger charge is 2.20. The minimum absolute atomic E-state index is 0.387. The summed E-state index contributed by atoms with van der Waals surface area (Å²) in [6.07, 6.45) is 4.81. The van der Waals surface area contributed by atoms with E-state index in [9.17, 15) is 0 Å². The Hall–Kier alpha value is -0.380. The van der Waals surface area contributed by atoms with Crippen molar-refractivity contribution in [2.45, 2.75) is 50.7 Å². The monoisotopic (exact) mass is 296 g/mol. The second kappa shape index (κ2) is 5.98. The number of hydrogen-bond donors (Lipinski definition) is 2. The summed E-state index contributed by atoms with van der Waals surface area (Å²) >= 11 is 3.46. The van der Waals surface area contributed by atoms with E-state index in [-0.39, 0.29) is 0 Å². The molecule has 2 nitrogen and oxygen atoms in total. The minimum atomic E-state index is 0.387. The first-order valence-electron chi connectivity index (χ1n) is 6.42. The molecule has 3 heteroatoms. The van der Waals surface area contributed by atoms with E-state index in [4.69, 9.17) is 5.73 Å². The Balaban J connectivity index is 1.91. The first-order chi connectivity index (χ1) is 8.15. The number of hydrogen-bond acceptors (Lipinski definition) is 2. The molecule has 3 N–H and O–H groups in total. The molecule has 2 rings (SSSR count). The Kier molecular flexibility index (Phi) is 4.60. The van der Waals surface area contributed by atoms with Gasteiger partial charge in [-0.15, -0.1) is 0 Å². The highest BCUT2D eigenvalue weighted by Crippen LogP contribution is 2.22. The number of benzene rings is 1. The van der Waals surface area contributed by atoms with Gasteiger partial charge in [0.25, 0.3) is 0 Å². The summed E-state index contributed by atoms with van der Waals surface area (Å²) in [6, 6.07) is 9.91. The number of halogens is 1. The average Bonchev–Trinajstić information content (AvgIpc) is 2.29. The third kappa shape index (κ3) is 3.80. The van der Waals surface area contributed by atoms with E-state index in [1.165, 1.54) is 24.8 Å². The summed E-state index contributed by atoms with van der Waals surface area (Å²) in [4.78, 5) is 0. The van der Waals surface area contributed by atoms with Gasteiger partial charge >= 0.3 is 0 Å². The van der Waals surface area contributed by atoms with Crippen LogP contribution in [0.5, 0.6) is 0 Å². The molecule has 1 aromatic rings. The van der Waals surface area contributed by atoms with Crippen LogP contribution in [0.1, 0.15) is 44.2 Å². The van der Waals surface area contributed by atoms with Crippen molar-refractivity contribution in [2.75, 3.05) is 0 Å². The molecule has 1 aliphatic rings. The van der Waals surface area contributed by atoms with Crippen LogP contribution in [0.2, 0.25) is 0 Å². The smallest absolute Gasteiger partial charge is 0.0294 e. The van der Waals surface area contributed by atoms with Crippen molar-refractivity contribution in [3.8, 4) is 0 Å². The second-order valence-corrected chi connectivity index (χ2v) is 5.98. The van der Waals surface area contributed by atoms with Gasteiger partial charge in [-0.3, -0.25) is 0 Å². The lowest BCUT2D eigenvalue weighted by molar-refractivity contribution is 0.319. The number of nitrogens with two attached hydrogens (primary N) is 1. The van der Waals surface area contributed by atoms with Crippen molar-refractivity contribution in [1.82, 2.24) is 5.32 Å². The highest BCUT2D eigenvalue weighted by molar-refractivity contribution is 9.10. The Labute approximate surface area is 112 Å². The van der Waals surface area contributed by atoms with Crippen molar-refractivity contribution in [3.63, 3.8) is 0 Å². The lowest BCUT2D eigenvalue weighted by Crippen LogP contribution is -2.40. The summed E-state index contributed by atoms with van der Waals surface area (Å²) in [5.74, 6) is 0. The molecular weight excluding hydrogens is 276 g/mol.